The van der Waals surface area contributed by atoms with Crippen LogP contribution in [-0.4, -0.2) is 13.4 Å². The Bertz CT molecular complexity index is 816. The van der Waals surface area contributed by atoms with Crippen LogP contribution >= 0.6 is 0 Å². The van der Waals surface area contributed by atoms with E-state index in [0.717, 1.165) is 11.1 Å². The average Bonchev–Trinajstić information content (AvgIpc) is 2.66. The predicted molar refractivity (Wildman–Crippen MR) is 138 cm³/mol. The number of rotatable bonds is 6. The summed E-state index contributed by atoms with van der Waals surface area (Å²) in [7, 11) is 0. The maximum Gasteiger partial charge on any atom is 0.181 e. The van der Waals surface area contributed by atoms with Crippen molar-refractivity contribution in [2.45, 2.75) is 78.7 Å². The minimum atomic E-state index is 0.584. The van der Waals surface area contributed by atoms with E-state index in [1.54, 1.807) is 0 Å². The highest BCUT2D eigenvalue weighted by molar-refractivity contribution is 6.76. The number of hydrogen-bond acceptors (Lipinski definition) is 0. The fourth-order valence-corrected chi connectivity index (χ4v) is 4.86. The van der Waals surface area contributed by atoms with Gasteiger partial charge in [-0.3, -0.25) is 0 Å². The highest BCUT2D eigenvalue weighted by Crippen LogP contribution is 2.20. The topological polar surface area (TPSA) is 0 Å². The highest BCUT2D eigenvalue weighted by Gasteiger charge is 2.24. The smallest absolute Gasteiger partial charge is 0.0794 e. The Labute approximate surface area is 186 Å². The molecular formula is C28H36B2. The van der Waals surface area contributed by atoms with E-state index < -0.39 is 0 Å². The van der Waals surface area contributed by atoms with E-state index in [9.17, 15) is 0 Å². The van der Waals surface area contributed by atoms with Gasteiger partial charge in [-0.2, -0.15) is 0 Å². The Morgan fingerprint density at radius 3 is 0.967 bits per heavy atom. The molecule has 0 radical (unpaired) electrons. The molecule has 0 spiro atoms. The van der Waals surface area contributed by atoms with Crippen LogP contribution in [-0.2, 0) is 0 Å². The van der Waals surface area contributed by atoms with Crippen molar-refractivity contribution in [3.8, 4) is 23.7 Å². The summed E-state index contributed by atoms with van der Waals surface area (Å²) in [6.07, 6.45) is 0. The third kappa shape index (κ3) is 6.61. The molecule has 2 aromatic rings. The van der Waals surface area contributed by atoms with Crippen LogP contribution in [0.1, 0.15) is 66.5 Å². The van der Waals surface area contributed by atoms with Crippen LogP contribution < -0.4 is 10.9 Å². The van der Waals surface area contributed by atoms with Gasteiger partial charge in [-0.25, -0.2) is 0 Å². The van der Waals surface area contributed by atoms with E-state index in [0.29, 0.717) is 36.7 Å². The van der Waals surface area contributed by atoms with Crippen LogP contribution in [0.5, 0.6) is 0 Å². The first-order valence-corrected chi connectivity index (χ1v) is 11.4. The molecule has 0 saturated heterocycles. The molecule has 0 aliphatic carbocycles. The van der Waals surface area contributed by atoms with E-state index >= 15 is 0 Å². The Morgan fingerprint density at radius 2 is 0.733 bits per heavy atom. The van der Waals surface area contributed by atoms with Gasteiger partial charge in [0.25, 0.3) is 0 Å². The molecule has 0 fully saturated rings. The van der Waals surface area contributed by atoms with Gasteiger partial charge >= 0.3 is 0 Å². The molecule has 0 aliphatic heterocycles. The first-order valence-electron chi connectivity index (χ1n) is 11.4. The molecular weight excluding hydrogens is 358 g/mol. The Hall–Kier alpha value is -2.31. The lowest BCUT2D eigenvalue weighted by atomic mass is 9.32. The third-order valence-corrected chi connectivity index (χ3v) is 5.94. The molecule has 0 aliphatic rings. The van der Waals surface area contributed by atoms with Crippen molar-refractivity contribution in [1.82, 2.24) is 0 Å². The van der Waals surface area contributed by atoms with E-state index in [-0.39, 0.29) is 0 Å². The van der Waals surface area contributed by atoms with E-state index in [2.05, 4.69) is 128 Å². The van der Waals surface area contributed by atoms with Gasteiger partial charge < -0.3 is 0 Å². The zero-order valence-corrected chi connectivity index (χ0v) is 20.1. The fraction of sp³-hybridized carbons (Fsp3) is 0.429. The molecule has 0 atom stereocenters. The van der Waals surface area contributed by atoms with Gasteiger partial charge in [0.1, 0.15) is 0 Å². The lowest BCUT2D eigenvalue weighted by Crippen LogP contribution is -2.35. The van der Waals surface area contributed by atoms with Crippen LogP contribution in [0.2, 0.25) is 23.3 Å². The van der Waals surface area contributed by atoms with E-state index in [1.165, 1.54) is 10.9 Å². The summed E-state index contributed by atoms with van der Waals surface area (Å²) in [5.74, 6) is 14.9. The summed E-state index contributed by atoms with van der Waals surface area (Å²) in [4.78, 5) is 0. The normalized spacial score (nSPS) is 10.7. The number of benzene rings is 2. The Morgan fingerprint density at radius 1 is 0.467 bits per heavy atom. The second-order valence-electron chi connectivity index (χ2n) is 9.77. The second kappa shape index (κ2) is 11.2. The lowest BCUT2D eigenvalue weighted by Gasteiger charge is -2.21. The van der Waals surface area contributed by atoms with Gasteiger partial charge in [-0.05, 0) is 36.1 Å². The van der Waals surface area contributed by atoms with E-state index in [4.69, 9.17) is 0 Å². The summed E-state index contributed by atoms with van der Waals surface area (Å²) >= 11 is 0. The maximum atomic E-state index is 3.18. The minimum Gasteiger partial charge on any atom is -0.0794 e. The predicted octanol–water partition coefficient (Wildman–Crippen LogP) is 6.13. The number of hydrogen-bond donors (Lipinski definition) is 0. The van der Waals surface area contributed by atoms with Crippen LogP contribution in [0.25, 0.3) is 0 Å². The summed E-state index contributed by atoms with van der Waals surface area (Å²) in [6, 6.07) is 17.4. The first-order chi connectivity index (χ1) is 14.2. The Kier molecular flexibility index (Phi) is 8.93. The molecule has 0 saturated carbocycles. The zero-order valence-electron chi connectivity index (χ0n) is 20.1. The molecule has 0 bridgehead atoms. The van der Waals surface area contributed by atoms with Crippen molar-refractivity contribution in [2.24, 2.45) is 0 Å². The van der Waals surface area contributed by atoms with Crippen LogP contribution in [0.4, 0.5) is 0 Å². The van der Waals surface area contributed by atoms with Gasteiger partial charge in [-0.1, -0.05) is 126 Å². The standard InChI is InChI=1S/C28H36B2/c1-21(2)29(22(3)4)27-17-13-25(14-18-27)11-9-10-12-26-15-19-28(20-16-26)30(23(5)6)24(7)8/h13-24H,1-8H3. The SMILES string of the molecule is CC(C)B(c1ccc(C#CC#Cc2ccc(B(C(C)C)C(C)C)cc2)cc1)C(C)C. The molecule has 30 heavy (non-hydrogen) atoms. The van der Waals surface area contributed by atoms with Crippen molar-refractivity contribution in [2.75, 3.05) is 0 Å². The van der Waals surface area contributed by atoms with Crippen molar-refractivity contribution >= 4 is 24.4 Å². The molecule has 0 nitrogen and oxygen atoms in total. The van der Waals surface area contributed by atoms with Gasteiger partial charge in [0.15, 0.2) is 13.4 Å². The van der Waals surface area contributed by atoms with E-state index in [1.807, 2.05) is 0 Å². The van der Waals surface area contributed by atoms with Crippen molar-refractivity contribution < 1.29 is 0 Å². The Balaban J connectivity index is 2.08. The molecule has 0 amide bonds. The average molecular weight is 394 g/mol. The molecule has 0 aromatic heterocycles. The molecule has 2 rings (SSSR count). The molecule has 2 aromatic carbocycles. The summed E-state index contributed by atoms with van der Waals surface area (Å²) in [5.41, 5.74) is 4.84. The van der Waals surface area contributed by atoms with Crippen LogP contribution in [0, 0.1) is 23.7 Å². The van der Waals surface area contributed by atoms with Gasteiger partial charge in [-0.15, -0.1) is 0 Å². The summed E-state index contributed by atoms with van der Waals surface area (Å²) < 4.78 is 0. The van der Waals surface area contributed by atoms with Gasteiger partial charge in [0, 0.05) is 11.1 Å². The van der Waals surface area contributed by atoms with Gasteiger partial charge in [0.05, 0.1) is 0 Å². The minimum absolute atomic E-state index is 0.584. The molecule has 0 N–H and O–H groups in total. The monoisotopic (exact) mass is 394 g/mol. The molecule has 0 unspecified atom stereocenters. The lowest BCUT2D eigenvalue weighted by molar-refractivity contribution is 0.951. The van der Waals surface area contributed by atoms with Crippen LogP contribution in [0.15, 0.2) is 48.5 Å². The van der Waals surface area contributed by atoms with Crippen molar-refractivity contribution in [1.29, 1.82) is 0 Å². The van der Waals surface area contributed by atoms with Crippen LogP contribution in [0.3, 0.4) is 0 Å². The zero-order chi connectivity index (χ0) is 22.3. The molecule has 154 valence electrons. The third-order valence-electron chi connectivity index (χ3n) is 5.94. The van der Waals surface area contributed by atoms with Crippen molar-refractivity contribution in [3.63, 3.8) is 0 Å². The van der Waals surface area contributed by atoms with Crippen molar-refractivity contribution in [3.05, 3.63) is 59.7 Å². The highest BCUT2D eigenvalue weighted by atomic mass is 14.0. The largest absolute Gasteiger partial charge is 0.181 e. The van der Waals surface area contributed by atoms with Gasteiger partial charge in [0.2, 0.25) is 0 Å². The summed E-state index contributed by atoms with van der Waals surface area (Å²) in [6.45, 7) is 19.6. The molecule has 2 heteroatoms. The second-order valence-corrected chi connectivity index (χ2v) is 9.77. The molecule has 0 heterocycles. The quantitative estimate of drug-likeness (QED) is 0.408. The maximum absolute atomic E-state index is 3.18. The fourth-order valence-electron chi connectivity index (χ4n) is 4.86. The first kappa shape index (κ1) is 24.0. The summed E-state index contributed by atoms with van der Waals surface area (Å²) in [5, 5.41) is 0.